The highest BCUT2D eigenvalue weighted by Crippen LogP contribution is 2.34. The van der Waals surface area contributed by atoms with Gasteiger partial charge in [0, 0.05) is 13.1 Å². The number of aromatic carboxylic acids is 1. The number of nitro benzene ring substituents is 1. The fourth-order valence-electron chi connectivity index (χ4n) is 2.47. The normalized spacial score (nSPS) is 22.1. The van der Waals surface area contributed by atoms with Gasteiger partial charge >= 0.3 is 5.97 Å². The molecule has 1 aliphatic heterocycles. The summed E-state index contributed by atoms with van der Waals surface area (Å²) in [5, 5.41) is 29.7. The molecule has 8 heteroatoms. The van der Waals surface area contributed by atoms with Crippen LogP contribution in [-0.4, -0.2) is 40.3 Å². The first-order valence-electron chi connectivity index (χ1n) is 6.45. The monoisotopic (exact) mass is 298 g/mol. The van der Waals surface area contributed by atoms with Gasteiger partial charge in [-0.2, -0.15) is 0 Å². The van der Waals surface area contributed by atoms with Crippen LogP contribution in [0.15, 0.2) is 12.1 Å². The molecule has 1 aromatic carbocycles. The fourth-order valence-corrected chi connectivity index (χ4v) is 2.47. The van der Waals surface area contributed by atoms with Crippen LogP contribution in [0.5, 0.6) is 0 Å². The van der Waals surface area contributed by atoms with Gasteiger partial charge in [0.15, 0.2) is 0 Å². The van der Waals surface area contributed by atoms with Gasteiger partial charge in [0.1, 0.15) is 11.5 Å². The summed E-state index contributed by atoms with van der Waals surface area (Å²) < 4.78 is 13.6. The van der Waals surface area contributed by atoms with Crippen LogP contribution in [0.2, 0.25) is 0 Å². The van der Waals surface area contributed by atoms with Crippen molar-refractivity contribution in [1.82, 2.24) is 0 Å². The zero-order chi connectivity index (χ0) is 15.7. The first-order valence-corrected chi connectivity index (χ1v) is 6.45. The Morgan fingerprint density at radius 2 is 2.19 bits per heavy atom. The number of nitrogens with zero attached hydrogens (tertiary/aromatic N) is 2. The smallest absolute Gasteiger partial charge is 0.338 e. The molecule has 0 radical (unpaired) electrons. The van der Waals surface area contributed by atoms with Crippen LogP contribution in [0, 0.1) is 21.8 Å². The number of hydrogen-bond acceptors (Lipinski definition) is 5. The molecular weight excluding hydrogens is 283 g/mol. The highest BCUT2D eigenvalue weighted by atomic mass is 19.1. The van der Waals surface area contributed by atoms with E-state index in [1.165, 1.54) is 0 Å². The summed E-state index contributed by atoms with van der Waals surface area (Å²) in [4.78, 5) is 22.9. The Morgan fingerprint density at radius 1 is 1.52 bits per heavy atom. The number of benzene rings is 1. The maximum atomic E-state index is 13.6. The third kappa shape index (κ3) is 2.94. The van der Waals surface area contributed by atoms with Crippen LogP contribution in [0.4, 0.5) is 15.8 Å². The van der Waals surface area contributed by atoms with E-state index < -0.39 is 34.1 Å². The number of carbonyl (C=O) groups is 1. The SMILES string of the molecule is CC1CN(c2cc(C(=O)O)c(F)cc2[N+](=O)[O-])CCC1O. The van der Waals surface area contributed by atoms with Crippen molar-refractivity contribution in [1.29, 1.82) is 0 Å². The van der Waals surface area contributed by atoms with Crippen LogP contribution in [0.1, 0.15) is 23.7 Å². The second-order valence-corrected chi connectivity index (χ2v) is 5.16. The molecule has 0 aromatic heterocycles. The van der Waals surface area contributed by atoms with E-state index in [4.69, 9.17) is 5.11 Å². The second kappa shape index (κ2) is 5.65. The predicted octanol–water partition coefficient (Wildman–Crippen LogP) is 1.64. The molecular formula is C13H15FN2O5. The molecule has 1 fully saturated rings. The summed E-state index contributed by atoms with van der Waals surface area (Å²) in [6.07, 6.45) is -0.0855. The third-order valence-electron chi connectivity index (χ3n) is 3.69. The predicted molar refractivity (Wildman–Crippen MR) is 72.0 cm³/mol. The fraction of sp³-hybridized carbons (Fsp3) is 0.462. The van der Waals surface area contributed by atoms with Crippen molar-refractivity contribution in [2.24, 2.45) is 5.92 Å². The molecule has 1 heterocycles. The lowest BCUT2D eigenvalue weighted by atomic mass is 9.96. The highest BCUT2D eigenvalue weighted by Gasteiger charge is 2.30. The molecule has 7 nitrogen and oxygen atoms in total. The van der Waals surface area contributed by atoms with E-state index in [1.54, 1.807) is 11.8 Å². The topological polar surface area (TPSA) is 104 Å². The quantitative estimate of drug-likeness (QED) is 0.649. The van der Waals surface area contributed by atoms with E-state index >= 15 is 0 Å². The second-order valence-electron chi connectivity index (χ2n) is 5.16. The van der Waals surface area contributed by atoms with Crippen LogP contribution >= 0.6 is 0 Å². The number of piperidine rings is 1. The molecule has 0 spiro atoms. The summed E-state index contributed by atoms with van der Waals surface area (Å²) in [6.45, 7) is 2.48. The van der Waals surface area contributed by atoms with Crippen LogP contribution in [-0.2, 0) is 0 Å². The number of anilines is 1. The molecule has 2 atom stereocenters. The van der Waals surface area contributed by atoms with E-state index in [-0.39, 0.29) is 11.6 Å². The number of nitro groups is 1. The van der Waals surface area contributed by atoms with Crippen molar-refractivity contribution in [3.63, 3.8) is 0 Å². The summed E-state index contributed by atoms with van der Waals surface area (Å²) in [6, 6.07) is 1.62. The minimum Gasteiger partial charge on any atom is -0.478 e. The van der Waals surface area contributed by atoms with Gasteiger partial charge in [-0.1, -0.05) is 6.92 Å². The third-order valence-corrected chi connectivity index (χ3v) is 3.69. The maximum Gasteiger partial charge on any atom is 0.338 e. The number of hydrogen-bond donors (Lipinski definition) is 2. The van der Waals surface area contributed by atoms with Crippen molar-refractivity contribution in [3.05, 3.63) is 33.6 Å². The van der Waals surface area contributed by atoms with Gasteiger partial charge < -0.3 is 15.1 Å². The Labute approximate surface area is 119 Å². The molecule has 0 bridgehead atoms. The number of aliphatic hydroxyl groups excluding tert-OH is 1. The first kappa shape index (κ1) is 15.2. The lowest BCUT2D eigenvalue weighted by Gasteiger charge is -2.35. The van der Waals surface area contributed by atoms with Crippen molar-refractivity contribution in [3.8, 4) is 0 Å². The lowest BCUT2D eigenvalue weighted by Crippen LogP contribution is -2.42. The molecule has 0 saturated carbocycles. The van der Waals surface area contributed by atoms with Crippen molar-refractivity contribution >= 4 is 17.3 Å². The minimum absolute atomic E-state index is 0.0672. The van der Waals surface area contributed by atoms with Crippen LogP contribution in [0.25, 0.3) is 0 Å². The summed E-state index contributed by atoms with van der Waals surface area (Å²) in [7, 11) is 0. The molecule has 114 valence electrons. The molecule has 1 aromatic rings. The van der Waals surface area contributed by atoms with Gasteiger partial charge in [-0.25, -0.2) is 9.18 Å². The number of aliphatic hydroxyl groups is 1. The van der Waals surface area contributed by atoms with Crippen molar-refractivity contribution in [2.45, 2.75) is 19.4 Å². The molecule has 0 amide bonds. The van der Waals surface area contributed by atoms with Crippen molar-refractivity contribution < 1.29 is 24.3 Å². The van der Waals surface area contributed by atoms with Gasteiger partial charge in [0.05, 0.1) is 22.7 Å². The van der Waals surface area contributed by atoms with E-state index in [0.717, 1.165) is 6.07 Å². The maximum absolute atomic E-state index is 13.6. The number of halogens is 1. The van der Waals surface area contributed by atoms with E-state index in [0.29, 0.717) is 25.6 Å². The molecule has 21 heavy (non-hydrogen) atoms. The standard InChI is InChI=1S/C13H15FN2O5/c1-7-6-15(3-2-12(7)17)10-4-8(13(18)19)9(14)5-11(10)16(20)21/h4-5,7,12,17H,2-3,6H2,1H3,(H,18,19). The Balaban J connectivity index is 2.47. The van der Waals surface area contributed by atoms with E-state index in [2.05, 4.69) is 0 Å². The van der Waals surface area contributed by atoms with E-state index in [1.807, 2.05) is 0 Å². The average molecular weight is 298 g/mol. The number of carboxylic acid groups (broad SMARTS) is 1. The first-order chi connectivity index (χ1) is 9.81. The average Bonchev–Trinajstić information content (AvgIpc) is 2.41. The number of carboxylic acids is 1. The molecule has 2 N–H and O–H groups in total. The zero-order valence-corrected chi connectivity index (χ0v) is 11.3. The molecule has 1 saturated heterocycles. The zero-order valence-electron chi connectivity index (χ0n) is 11.3. The summed E-state index contributed by atoms with van der Waals surface area (Å²) in [5.41, 5.74) is -1.01. The molecule has 1 aliphatic rings. The minimum atomic E-state index is -1.48. The number of rotatable bonds is 3. The van der Waals surface area contributed by atoms with Crippen molar-refractivity contribution in [2.75, 3.05) is 18.0 Å². The van der Waals surface area contributed by atoms with Gasteiger partial charge in [0.25, 0.3) is 5.69 Å². The molecule has 0 aliphatic carbocycles. The lowest BCUT2D eigenvalue weighted by molar-refractivity contribution is -0.384. The Hall–Kier alpha value is -2.22. The Kier molecular flexibility index (Phi) is 4.08. The Bertz CT molecular complexity index is 592. The highest BCUT2D eigenvalue weighted by molar-refractivity contribution is 5.90. The molecule has 2 rings (SSSR count). The summed E-state index contributed by atoms with van der Waals surface area (Å²) >= 11 is 0. The largest absolute Gasteiger partial charge is 0.478 e. The van der Waals surface area contributed by atoms with Gasteiger partial charge in [-0.3, -0.25) is 10.1 Å². The Morgan fingerprint density at radius 3 is 2.71 bits per heavy atom. The van der Waals surface area contributed by atoms with E-state index in [9.17, 15) is 24.4 Å². The molecule has 2 unspecified atom stereocenters. The van der Waals surface area contributed by atoms with Gasteiger partial charge in [0.2, 0.25) is 0 Å². The van der Waals surface area contributed by atoms with Crippen LogP contribution < -0.4 is 4.90 Å². The van der Waals surface area contributed by atoms with Crippen LogP contribution in [0.3, 0.4) is 0 Å². The van der Waals surface area contributed by atoms with Gasteiger partial charge in [-0.15, -0.1) is 0 Å². The summed E-state index contributed by atoms with van der Waals surface area (Å²) in [5.74, 6) is -2.73. The van der Waals surface area contributed by atoms with Gasteiger partial charge in [-0.05, 0) is 18.4 Å².